The molecule has 1 atom stereocenters. The monoisotopic (exact) mass is 261 g/mol. The minimum Gasteiger partial charge on any atom is -0.343 e. The number of halogens is 1. The Morgan fingerprint density at radius 2 is 2.46 bits per heavy atom. The van der Waals surface area contributed by atoms with E-state index in [2.05, 4.69) is 31.0 Å². The average molecular weight is 262 g/mol. The molecule has 1 saturated heterocycles. The van der Waals surface area contributed by atoms with Crippen molar-refractivity contribution in [3.63, 3.8) is 0 Å². The average Bonchev–Trinajstić information content (AvgIpc) is 2.71. The van der Waals surface area contributed by atoms with Crippen LogP contribution in [-0.4, -0.2) is 28.1 Å². The first-order chi connectivity index (χ1) is 6.31. The summed E-state index contributed by atoms with van der Waals surface area (Å²) in [6.07, 6.45) is 2.54. The molecular weight excluding hydrogens is 250 g/mol. The number of anilines is 1. The topological polar surface area (TPSA) is 29.0 Å². The molecular formula is C8H12BrN3S. The Kier molecular flexibility index (Phi) is 2.83. The summed E-state index contributed by atoms with van der Waals surface area (Å²) in [5, 5.41) is 11.4. The third kappa shape index (κ3) is 1.86. The van der Waals surface area contributed by atoms with Crippen molar-refractivity contribution in [1.29, 1.82) is 0 Å². The number of aromatic nitrogens is 2. The van der Waals surface area contributed by atoms with E-state index >= 15 is 0 Å². The summed E-state index contributed by atoms with van der Waals surface area (Å²) in [4.78, 5) is 2.36. The fourth-order valence-corrected chi connectivity index (χ4v) is 3.11. The van der Waals surface area contributed by atoms with Gasteiger partial charge in [0.25, 0.3) is 0 Å². The lowest BCUT2D eigenvalue weighted by molar-refractivity contribution is 0.743. The summed E-state index contributed by atoms with van der Waals surface area (Å²) in [6.45, 7) is 3.13. The molecule has 1 aliphatic heterocycles. The van der Waals surface area contributed by atoms with E-state index in [4.69, 9.17) is 0 Å². The molecule has 0 aromatic carbocycles. The number of hydrogen-bond donors (Lipinski definition) is 0. The van der Waals surface area contributed by atoms with Crippen LogP contribution in [0.2, 0.25) is 0 Å². The van der Waals surface area contributed by atoms with Crippen LogP contribution < -0.4 is 4.90 Å². The van der Waals surface area contributed by atoms with Crippen molar-refractivity contribution in [3.8, 4) is 0 Å². The van der Waals surface area contributed by atoms with Crippen LogP contribution in [0.15, 0.2) is 0 Å². The Balaban J connectivity index is 2.15. The number of rotatable bonds is 2. The molecule has 5 heteroatoms. The number of alkyl halides is 1. The largest absolute Gasteiger partial charge is 0.343 e. The van der Waals surface area contributed by atoms with E-state index in [9.17, 15) is 0 Å². The smallest absolute Gasteiger partial charge is 0.208 e. The zero-order chi connectivity index (χ0) is 9.26. The van der Waals surface area contributed by atoms with E-state index in [1.165, 1.54) is 12.8 Å². The van der Waals surface area contributed by atoms with Crippen molar-refractivity contribution in [1.82, 2.24) is 10.2 Å². The number of nitrogens with zero attached hydrogens (tertiary/aromatic N) is 3. The second-order valence-corrected chi connectivity index (χ2v) is 5.05. The molecule has 3 nitrogen and oxygen atoms in total. The lowest BCUT2D eigenvalue weighted by Crippen LogP contribution is -2.30. The predicted octanol–water partition coefficient (Wildman–Crippen LogP) is 2.21. The zero-order valence-electron chi connectivity index (χ0n) is 7.53. The van der Waals surface area contributed by atoms with Crippen LogP contribution in [0.3, 0.4) is 0 Å². The van der Waals surface area contributed by atoms with Crippen LogP contribution in [0.1, 0.15) is 17.8 Å². The molecule has 72 valence electrons. The maximum atomic E-state index is 4.17. The Labute approximate surface area is 90.3 Å². The molecule has 0 bridgehead atoms. The van der Waals surface area contributed by atoms with E-state index in [1.54, 1.807) is 11.3 Å². The summed E-state index contributed by atoms with van der Waals surface area (Å²) in [5.74, 6) is 0. The van der Waals surface area contributed by atoms with Gasteiger partial charge in [-0.2, -0.15) is 0 Å². The van der Waals surface area contributed by atoms with Crippen molar-refractivity contribution in [2.75, 3.05) is 16.8 Å². The molecule has 1 unspecified atom stereocenters. The molecule has 0 aliphatic carbocycles. The normalized spacial score (nSPS) is 22.6. The number of hydrogen-bond acceptors (Lipinski definition) is 4. The molecule has 1 fully saturated rings. The van der Waals surface area contributed by atoms with Crippen molar-refractivity contribution in [2.45, 2.75) is 25.8 Å². The SMILES string of the molecule is Cc1nnc(N2CCCC2CBr)s1. The molecule has 0 spiro atoms. The zero-order valence-corrected chi connectivity index (χ0v) is 9.94. The number of aryl methyl sites for hydroxylation is 1. The van der Waals surface area contributed by atoms with Crippen LogP contribution in [-0.2, 0) is 0 Å². The summed E-state index contributed by atoms with van der Waals surface area (Å²) >= 11 is 5.22. The fraction of sp³-hybridized carbons (Fsp3) is 0.750. The van der Waals surface area contributed by atoms with Gasteiger partial charge in [-0.3, -0.25) is 0 Å². The molecule has 0 amide bonds. The first-order valence-corrected chi connectivity index (χ1v) is 6.38. The second-order valence-electron chi connectivity index (χ2n) is 3.25. The maximum absolute atomic E-state index is 4.17. The van der Waals surface area contributed by atoms with E-state index in [0.717, 1.165) is 22.0 Å². The standard InChI is InChI=1S/C8H12BrN3S/c1-6-10-11-8(13-6)12-4-2-3-7(12)5-9/h7H,2-5H2,1H3. The van der Waals surface area contributed by atoms with Crippen LogP contribution >= 0.6 is 27.3 Å². The maximum Gasteiger partial charge on any atom is 0.208 e. The van der Waals surface area contributed by atoms with Gasteiger partial charge in [-0.25, -0.2) is 0 Å². The van der Waals surface area contributed by atoms with Gasteiger partial charge in [0, 0.05) is 17.9 Å². The highest BCUT2D eigenvalue weighted by Crippen LogP contribution is 2.28. The van der Waals surface area contributed by atoms with Crippen molar-refractivity contribution < 1.29 is 0 Å². The molecule has 13 heavy (non-hydrogen) atoms. The van der Waals surface area contributed by atoms with Gasteiger partial charge < -0.3 is 4.90 Å². The molecule has 0 N–H and O–H groups in total. The quantitative estimate of drug-likeness (QED) is 0.765. The van der Waals surface area contributed by atoms with Crippen LogP contribution in [0.25, 0.3) is 0 Å². The minimum atomic E-state index is 0.618. The molecule has 2 rings (SSSR count). The first-order valence-electron chi connectivity index (χ1n) is 4.44. The lowest BCUT2D eigenvalue weighted by atomic mass is 10.2. The van der Waals surface area contributed by atoms with E-state index in [1.807, 2.05) is 6.92 Å². The van der Waals surface area contributed by atoms with Gasteiger partial charge in [0.1, 0.15) is 5.01 Å². The van der Waals surface area contributed by atoms with Crippen LogP contribution in [0, 0.1) is 6.92 Å². The van der Waals surface area contributed by atoms with Gasteiger partial charge in [0.05, 0.1) is 0 Å². The van der Waals surface area contributed by atoms with Gasteiger partial charge in [-0.15, -0.1) is 10.2 Å². The highest BCUT2D eigenvalue weighted by Gasteiger charge is 2.25. The van der Waals surface area contributed by atoms with Crippen LogP contribution in [0.5, 0.6) is 0 Å². The Hall–Kier alpha value is -0.160. The van der Waals surface area contributed by atoms with E-state index in [-0.39, 0.29) is 0 Å². The Morgan fingerprint density at radius 3 is 3.08 bits per heavy atom. The van der Waals surface area contributed by atoms with Crippen molar-refractivity contribution in [3.05, 3.63) is 5.01 Å². The fourth-order valence-electron chi connectivity index (χ4n) is 1.65. The highest BCUT2D eigenvalue weighted by molar-refractivity contribution is 9.09. The molecule has 1 aromatic rings. The molecule has 2 heterocycles. The molecule has 0 radical (unpaired) electrons. The van der Waals surface area contributed by atoms with Gasteiger partial charge in [0.15, 0.2) is 0 Å². The first kappa shape index (κ1) is 9.40. The summed E-state index contributed by atoms with van der Waals surface area (Å²) in [6, 6.07) is 0.618. The van der Waals surface area contributed by atoms with Gasteiger partial charge in [-0.1, -0.05) is 27.3 Å². The van der Waals surface area contributed by atoms with Crippen molar-refractivity contribution >= 4 is 32.4 Å². The lowest BCUT2D eigenvalue weighted by Gasteiger charge is -2.20. The second kappa shape index (κ2) is 3.92. The van der Waals surface area contributed by atoms with Crippen LogP contribution in [0.4, 0.5) is 5.13 Å². The van der Waals surface area contributed by atoms with Gasteiger partial charge in [-0.05, 0) is 19.8 Å². The van der Waals surface area contributed by atoms with Crippen molar-refractivity contribution in [2.24, 2.45) is 0 Å². The van der Waals surface area contributed by atoms with Gasteiger partial charge >= 0.3 is 0 Å². The summed E-state index contributed by atoms with van der Waals surface area (Å²) < 4.78 is 0. The molecule has 0 saturated carbocycles. The third-order valence-electron chi connectivity index (χ3n) is 2.32. The van der Waals surface area contributed by atoms with E-state index in [0.29, 0.717) is 6.04 Å². The Morgan fingerprint density at radius 1 is 1.62 bits per heavy atom. The highest BCUT2D eigenvalue weighted by atomic mass is 79.9. The molecule has 1 aliphatic rings. The third-order valence-corrected chi connectivity index (χ3v) is 3.94. The minimum absolute atomic E-state index is 0.618. The summed E-state index contributed by atoms with van der Waals surface area (Å²) in [5.41, 5.74) is 0. The molecule has 1 aromatic heterocycles. The Bertz CT molecular complexity index is 289. The predicted molar refractivity (Wildman–Crippen MR) is 58.8 cm³/mol. The van der Waals surface area contributed by atoms with Gasteiger partial charge in [0.2, 0.25) is 5.13 Å². The summed E-state index contributed by atoms with van der Waals surface area (Å²) in [7, 11) is 0. The van der Waals surface area contributed by atoms with E-state index < -0.39 is 0 Å².